The molecule has 30 heavy (non-hydrogen) atoms. The monoisotopic (exact) mass is 423 g/mol. The zero-order chi connectivity index (χ0) is 21.6. The fraction of sp³-hybridized carbons (Fsp3) is 0.0909. The molecule has 0 bridgehead atoms. The molecule has 0 aliphatic heterocycles. The van der Waals surface area contributed by atoms with E-state index in [1.54, 1.807) is 37.4 Å². The maximum Gasteiger partial charge on any atom is 0.271 e. The van der Waals surface area contributed by atoms with E-state index in [0.29, 0.717) is 17.0 Å². The third-order valence-corrected chi connectivity index (χ3v) is 5.64. The number of ether oxygens (including phenoxy) is 1. The van der Waals surface area contributed by atoms with Crippen molar-refractivity contribution in [3.8, 4) is 5.75 Å². The minimum Gasteiger partial charge on any atom is -0.496 e. The summed E-state index contributed by atoms with van der Waals surface area (Å²) < 4.78 is 32.6. The van der Waals surface area contributed by atoms with Crippen molar-refractivity contribution in [3.63, 3.8) is 0 Å². The first-order chi connectivity index (χ1) is 14.4. The van der Waals surface area contributed by atoms with Gasteiger partial charge in [0, 0.05) is 16.8 Å². The van der Waals surface area contributed by atoms with Gasteiger partial charge in [-0.05, 0) is 55.5 Å². The van der Waals surface area contributed by atoms with E-state index in [-0.39, 0.29) is 4.90 Å². The summed E-state index contributed by atoms with van der Waals surface area (Å²) in [5, 5.41) is 3.94. The predicted molar refractivity (Wildman–Crippen MR) is 116 cm³/mol. The molecule has 8 heteroatoms. The van der Waals surface area contributed by atoms with Crippen LogP contribution in [0.2, 0.25) is 0 Å². The summed E-state index contributed by atoms with van der Waals surface area (Å²) in [5.74, 6) is 0.217. The number of amides is 1. The lowest BCUT2D eigenvalue weighted by molar-refractivity contribution is 0.0955. The standard InChI is InChI=1S/C22H21N3O4S/c1-16-7-13-20(14-8-16)30(27,28)25-19-11-9-17(10-12-19)22(26)24-23-15-18-5-3-4-6-21(18)29-2/h3-15,25H,1-2H3,(H,24,26)/b23-15-. The van der Waals surface area contributed by atoms with E-state index in [4.69, 9.17) is 4.74 Å². The van der Waals surface area contributed by atoms with Crippen LogP contribution in [0.1, 0.15) is 21.5 Å². The van der Waals surface area contributed by atoms with Gasteiger partial charge < -0.3 is 4.74 Å². The first-order valence-corrected chi connectivity index (χ1v) is 10.5. The summed E-state index contributed by atoms with van der Waals surface area (Å²) in [6.45, 7) is 1.88. The number of sulfonamides is 1. The lowest BCUT2D eigenvalue weighted by Crippen LogP contribution is -2.18. The maximum absolute atomic E-state index is 12.4. The molecule has 3 aromatic carbocycles. The highest BCUT2D eigenvalue weighted by molar-refractivity contribution is 7.92. The molecule has 0 spiro atoms. The van der Waals surface area contributed by atoms with E-state index in [1.807, 2.05) is 25.1 Å². The van der Waals surface area contributed by atoms with Crippen LogP contribution in [-0.4, -0.2) is 27.6 Å². The van der Waals surface area contributed by atoms with Gasteiger partial charge in [0.1, 0.15) is 5.75 Å². The topological polar surface area (TPSA) is 96.9 Å². The van der Waals surface area contributed by atoms with Crippen LogP contribution in [0.5, 0.6) is 5.75 Å². The second-order valence-corrected chi connectivity index (χ2v) is 8.12. The average molecular weight is 423 g/mol. The summed E-state index contributed by atoms with van der Waals surface area (Å²) in [7, 11) is -2.15. The quantitative estimate of drug-likeness (QED) is 0.448. The Kier molecular flexibility index (Phi) is 6.48. The molecule has 0 unspecified atom stereocenters. The van der Waals surface area contributed by atoms with Gasteiger partial charge in [0.2, 0.25) is 0 Å². The Labute approximate surface area is 175 Å². The Hall–Kier alpha value is -3.65. The third kappa shape index (κ3) is 5.24. The van der Waals surface area contributed by atoms with Crippen molar-refractivity contribution in [2.24, 2.45) is 5.10 Å². The Bertz CT molecular complexity index is 1160. The Morgan fingerprint density at radius 3 is 2.30 bits per heavy atom. The molecule has 7 nitrogen and oxygen atoms in total. The van der Waals surface area contributed by atoms with Gasteiger partial charge in [0.15, 0.2) is 0 Å². The van der Waals surface area contributed by atoms with Crippen LogP contribution in [0, 0.1) is 6.92 Å². The van der Waals surface area contributed by atoms with Crippen LogP contribution < -0.4 is 14.9 Å². The molecular weight excluding hydrogens is 402 g/mol. The predicted octanol–water partition coefficient (Wildman–Crippen LogP) is 3.57. The molecule has 0 saturated carbocycles. The number of nitrogens with one attached hydrogen (secondary N) is 2. The fourth-order valence-electron chi connectivity index (χ4n) is 2.62. The SMILES string of the molecule is COc1ccccc1/C=N\NC(=O)c1ccc(NS(=O)(=O)c2ccc(C)cc2)cc1. The third-order valence-electron chi connectivity index (χ3n) is 4.24. The molecule has 3 rings (SSSR count). The fourth-order valence-corrected chi connectivity index (χ4v) is 3.68. The summed E-state index contributed by atoms with van der Waals surface area (Å²) in [5.41, 5.74) is 4.82. The molecule has 0 radical (unpaired) electrons. The van der Waals surface area contributed by atoms with Gasteiger partial charge in [-0.15, -0.1) is 0 Å². The van der Waals surface area contributed by atoms with Crippen molar-refractivity contribution < 1.29 is 17.9 Å². The molecule has 1 amide bonds. The molecular formula is C22H21N3O4S. The second-order valence-electron chi connectivity index (χ2n) is 6.44. The van der Waals surface area contributed by atoms with Crippen molar-refractivity contribution in [2.45, 2.75) is 11.8 Å². The molecule has 3 aromatic rings. The molecule has 0 heterocycles. The zero-order valence-corrected chi connectivity index (χ0v) is 17.3. The highest BCUT2D eigenvalue weighted by atomic mass is 32.2. The Balaban J connectivity index is 1.64. The number of nitrogens with zero attached hydrogens (tertiary/aromatic N) is 1. The van der Waals surface area contributed by atoms with Gasteiger partial charge >= 0.3 is 0 Å². The summed E-state index contributed by atoms with van der Waals surface area (Å²) in [4.78, 5) is 12.4. The van der Waals surface area contributed by atoms with E-state index in [1.165, 1.54) is 30.5 Å². The number of benzene rings is 3. The minimum atomic E-state index is -3.70. The van der Waals surface area contributed by atoms with Crippen LogP contribution in [0.4, 0.5) is 5.69 Å². The van der Waals surface area contributed by atoms with Gasteiger partial charge in [-0.1, -0.05) is 29.8 Å². The number of methoxy groups -OCH3 is 1. The van der Waals surface area contributed by atoms with Gasteiger partial charge in [-0.2, -0.15) is 5.10 Å². The molecule has 0 aliphatic carbocycles. The largest absolute Gasteiger partial charge is 0.496 e. The summed E-state index contributed by atoms with van der Waals surface area (Å²) in [6.07, 6.45) is 1.49. The smallest absolute Gasteiger partial charge is 0.271 e. The van der Waals surface area contributed by atoms with Crippen molar-refractivity contribution in [2.75, 3.05) is 11.8 Å². The van der Waals surface area contributed by atoms with E-state index in [2.05, 4.69) is 15.2 Å². The number of carbonyl (C=O) groups excluding carboxylic acids is 1. The number of anilines is 1. The van der Waals surface area contributed by atoms with E-state index >= 15 is 0 Å². The maximum atomic E-state index is 12.4. The second kappa shape index (κ2) is 9.23. The lowest BCUT2D eigenvalue weighted by Gasteiger charge is -2.09. The van der Waals surface area contributed by atoms with Crippen LogP contribution in [0.25, 0.3) is 0 Å². The Morgan fingerprint density at radius 1 is 0.967 bits per heavy atom. The van der Waals surface area contributed by atoms with Crippen LogP contribution in [0.15, 0.2) is 82.8 Å². The number of para-hydroxylation sites is 1. The first-order valence-electron chi connectivity index (χ1n) is 9.05. The van der Waals surface area contributed by atoms with E-state index < -0.39 is 15.9 Å². The van der Waals surface area contributed by atoms with E-state index in [0.717, 1.165) is 11.1 Å². The first kappa shape index (κ1) is 21.1. The van der Waals surface area contributed by atoms with Crippen LogP contribution in [0.3, 0.4) is 0 Å². The van der Waals surface area contributed by atoms with Crippen molar-refractivity contribution in [3.05, 3.63) is 89.5 Å². The average Bonchev–Trinajstić information content (AvgIpc) is 2.74. The zero-order valence-electron chi connectivity index (χ0n) is 16.5. The number of aryl methyl sites for hydroxylation is 1. The number of hydrogen-bond donors (Lipinski definition) is 2. The minimum absolute atomic E-state index is 0.167. The van der Waals surface area contributed by atoms with Crippen LogP contribution in [-0.2, 0) is 10.0 Å². The number of carbonyl (C=O) groups is 1. The molecule has 154 valence electrons. The van der Waals surface area contributed by atoms with Crippen LogP contribution >= 0.6 is 0 Å². The number of hydrogen-bond acceptors (Lipinski definition) is 5. The molecule has 0 atom stereocenters. The molecule has 0 aliphatic rings. The molecule has 0 fully saturated rings. The van der Waals surface area contributed by atoms with Crippen molar-refractivity contribution >= 4 is 27.8 Å². The van der Waals surface area contributed by atoms with Crippen molar-refractivity contribution in [1.82, 2.24) is 5.43 Å². The van der Waals surface area contributed by atoms with E-state index in [9.17, 15) is 13.2 Å². The van der Waals surface area contributed by atoms with Gasteiger partial charge in [0.05, 0.1) is 18.2 Å². The normalized spacial score (nSPS) is 11.3. The summed E-state index contributed by atoms with van der Waals surface area (Å²) >= 11 is 0. The highest BCUT2D eigenvalue weighted by Gasteiger charge is 2.14. The molecule has 0 aromatic heterocycles. The van der Waals surface area contributed by atoms with Gasteiger partial charge in [-0.25, -0.2) is 13.8 Å². The number of hydrazone groups is 1. The molecule has 2 N–H and O–H groups in total. The molecule has 0 saturated heterocycles. The van der Waals surface area contributed by atoms with Gasteiger partial charge in [0.25, 0.3) is 15.9 Å². The number of rotatable bonds is 7. The van der Waals surface area contributed by atoms with Gasteiger partial charge in [-0.3, -0.25) is 9.52 Å². The highest BCUT2D eigenvalue weighted by Crippen LogP contribution is 2.17. The summed E-state index contributed by atoms with van der Waals surface area (Å²) in [6, 6.07) is 19.9. The van der Waals surface area contributed by atoms with Crippen molar-refractivity contribution in [1.29, 1.82) is 0 Å². The Morgan fingerprint density at radius 2 is 1.63 bits per heavy atom. The lowest BCUT2D eigenvalue weighted by atomic mass is 10.2.